The summed E-state index contributed by atoms with van der Waals surface area (Å²) >= 11 is 0. The molecule has 0 spiro atoms. The molecule has 0 aromatic heterocycles. The molecule has 2 aromatic carbocycles. The maximum absolute atomic E-state index is 13.1. The molecule has 0 unspecified atom stereocenters. The highest BCUT2D eigenvalue weighted by Gasteiger charge is 2.12. The lowest BCUT2D eigenvalue weighted by Gasteiger charge is -2.22. The van der Waals surface area contributed by atoms with Crippen LogP contribution in [0.4, 0.5) is 4.39 Å². The summed E-state index contributed by atoms with van der Waals surface area (Å²) in [6.45, 7) is 0.915. The second-order valence-electron chi connectivity index (χ2n) is 5.54. The SMILES string of the molecule is Fc1ccc2cc(CNC3CCCCC3)ccc2c1. The fourth-order valence-electron chi connectivity index (χ4n) is 2.94. The number of hydrogen-bond acceptors (Lipinski definition) is 1. The van der Waals surface area contributed by atoms with E-state index in [2.05, 4.69) is 17.4 Å². The molecule has 1 N–H and O–H groups in total. The van der Waals surface area contributed by atoms with Gasteiger partial charge in [0.1, 0.15) is 5.82 Å². The highest BCUT2D eigenvalue weighted by Crippen LogP contribution is 2.20. The van der Waals surface area contributed by atoms with Crippen molar-refractivity contribution in [2.45, 2.75) is 44.7 Å². The van der Waals surface area contributed by atoms with Crippen molar-refractivity contribution >= 4 is 10.8 Å². The summed E-state index contributed by atoms with van der Waals surface area (Å²) in [6, 6.07) is 11.9. The smallest absolute Gasteiger partial charge is 0.123 e. The Balaban J connectivity index is 1.69. The molecule has 1 nitrogen and oxygen atoms in total. The molecule has 1 aliphatic rings. The molecule has 100 valence electrons. The zero-order valence-electron chi connectivity index (χ0n) is 11.2. The molecule has 2 aromatic rings. The third-order valence-electron chi connectivity index (χ3n) is 4.07. The van der Waals surface area contributed by atoms with Crippen molar-refractivity contribution in [2.75, 3.05) is 0 Å². The molecular weight excluding hydrogens is 237 g/mol. The van der Waals surface area contributed by atoms with E-state index >= 15 is 0 Å². The van der Waals surface area contributed by atoms with Gasteiger partial charge in [0.05, 0.1) is 0 Å². The molecule has 0 bridgehead atoms. The number of hydrogen-bond donors (Lipinski definition) is 1. The van der Waals surface area contributed by atoms with Crippen LogP contribution in [0, 0.1) is 5.82 Å². The van der Waals surface area contributed by atoms with Gasteiger partial charge in [-0.1, -0.05) is 37.5 Å². The van der Waals surface area contributed by atoms with Crippen LogP contribution >= 0.6 is 0 Å². The van der Waals surface area contributed by atoms with Gasteiger partial charge in [-0.3, -0.25) is 0 Å². The van der Waals surface area contributed by atoms with Gasteiger partial charge in [-0.15, -0.1) is 0 Å². The summed E-state index contributed by atoms with van der Waals surface area (Å²) < 4.78 is 13.1. The molecule has 1 fully saturated rings. The van der Waals surface area contributed by atoms with Crippen LogP contribution in [0.15, 0.2) is 36.4 Å². The fraction of sp³-hybridized carbons (Fsp3) is 0.412. The molecule has 3 rings (SSSR count). The van der Waals surface area contributed by atoms with Crippen LogP contribution in [0.2, 0.25) is 0 Å². The molecule has 0 aliphatic heterocycles. The molecule has 1 aliphatic carbocycles. The number of halogens is 1. The van der Waals surface area contributed by atoms with Gasteiger partial charge >= 0.3 is 0 Å². The first-order valence-corrected chi connectivity index (χ1v) is 7.23. The summed E-state index contributed by atoms with van der Waals surface area (Å²) in [4.78, 5) is 0. The van der Waals surface area contributed by atoms with Gasteiger partial charge in [-0.2, -0.15) is 0 Å². The van der Waals surface area contributed by atoms with Crippen molar-refractivity contribution in [2.24, 2.45) is 0 Å². The number of fused-ring (bicyclic) bond motifs is 1. The van der Waals surface area contributed by atoms with Gasteiger partial charge in [-0.25, -0.2) is 4.39 Å². The Morgan fingerprint density at radius 1 is 0.947 bits per heavy atom. The second kappa shape index (κ2) is 5.70. The Labute approximate surface area is 113 Å². The summed E-state index contributed by atoms with van der Waals surface area (Å²) in [5.74, 6) is -0.166. The third kappa shape index (κ3) is 3.13. The van der Waals surface area contributed by atoms with Crippen LogP contribution < -0.4 is 5.32 Å². The van der Waals surface area contributed by atoms with Crippen LogP contribution in [0.5, 0.6) is 0 Å². The Morgan fingerprint density at radius 3 is 2.53 bits per heavy atom. The lowest BCUT2D eigenvalue weighted by Crippen LogP contribution is -2.30. The van der Waals surface area contributed by atoms with Gasteiger partial charge in [0, 0.05) is 12.6 Å². The summed E-state index contributed by atoms with van der Waals surface area (Å²) in [6.07, 6.45) is 6.71. The van der Waals surface area contributed by atoms with E-state index in [-0.39, 0.29) is 5.82 Å². The van der Waals surface area contributed by atoms with Crippen LogP contribution in [0.1, 0.15) is 37.7 Å². The highest BCUT2D eigenvalue weighted by molar-refractivity contribution is 5.83. The number of benzene rings is 2. The minimum Gasteiger partial charge on any atom is -0.310 e. The van der Waals surface area contributed by atoms with Gasteiger partial charge in [0.2, 0.25) is 0 Å². The number of nitrogens with one attached hydrogen (secondary N) is 1. The van der Waals surface area contributed by atoms with Gasteiger partial charge in [0.25, 0.3) is 0 Å². The topological polar surface area (TPSA) is 12.0 Å². The van der Waals surface area contributed by atoms with Crippen molar-refractivity contribution in [1.82, 2.24) is 5.32 Å². The lowest BCUT2D eigenvalue weighted by atomic mass is 9.95. The average Bonchev–Trinajstić information content (AvgIpc) is 2.46. The summed E-state index contributed by atoms with van der Waals surface area (Å²) in [5, 5.41) is 5.73. The van der Waals surface area contributed by atoms with Crippen LogP contribution in [-0.2, 0) is 6.54 Å². The summed E-state index contributed by atoms with van der Waals surface area (Å²) in [7, 11) is 0. The van der Waals surface area contributed by atoms with Crippen molar-refractivity contribution in [3.8, 4) is 0 Å². The van der Waals surface area contributed by atoms with Crippen LogP contribution in [0.25, 0.3) is 10.8 Å². The third-order valence-corrected chi connectivity index (χ3v) is 4.07. The van der Waals surface area contributed by atoms with Gasteiger partial charge in [-0.05, 0) is 47.4 Å². The van der Waals surface area contributed by atoms with E-state index in [1.165, 1.54) is 43.7 Å². The quantitative estimate of drug-likeness (QED) is 0.859. The average molecular weight is 257 g/mol. The fourth-order valence-corrected chi connectivity index (χ4v) is 2.94. The molecule has 0 heterocycles. The molecule has 2 heteroatoms. The maximum atomic E-state index is 13.1. The van der Waals surface area contributed by atoms with E-state index in [1.54, 1.807) is 6.07 Å². The number of rotatable bonds is 3. The predicted molar refractivity (Wildman–Crippen MR) is 77.6 cm³/mol. The lowest BCUT2D eigenvalue weighted by molar-refractivity contribution is 0.372. The van der Waals surface area contributed by atoms with Crippen LogP contribution in [-0.4, -0.2) is 6.04 Å². The van der Waals surface area contributed by atoms with Gasteiger partial charge in [0.15, 0.2) is 0 Å². The van der Waals surface area contributed by atoms with E-state index in [4.69, 9.17) is 0 Å². The Kier molecular flexibility index (Phi) is 3.79. The van der Waals surface area contributed by atoms with Gasteiger partial charge < -0.3 is 5.32 Å². The maximum Gasteiger partial charge on any atom is 0.123 e. The molecule has 0 radical (unpaired) electrons. The van der Waals surface area contributed by atoms with Crippen molar-refractivity contribution in [3.63, 3.8) is 0 Å². The zero-order chi connectivity index (χ0) is 13.1. The van der Waals surface area contributed by atoms with E-state index < -0.39 is 0 Å². The first kappa shape index (κ1) is 12.6. The molecule has 19 heavy (non-hydrogen) atoms. The van der Waals surface area contributed by atoms with Crippen molar-refractivity contribution in [3.05, 3.63) is 47.8 Å². The van der Waals surface area contributed by atoms with E-state index in [0.717, 1.165) is 17.3 Å². The van der Waals surface area contributed by atoms with Crippen molar-refractivity contribution < 1.29 is 4.39 Å². The highest BCUT2D eigenvalue weighted by atomic mass is 19.1. The molecule has 0 amide bonds. The van der Waals surface area contributed by atoms with Crippen molar-refractivity contribution in [1.29, 1.82) is 0 Å². The van der Waals surface area contributed by atoms with E-state index in [9.17, 15) is 4.39 Å². The normalized spacial score (nSPS) is 16.9. The molecule has 1 saturated carbocycles. The van der Waals surface area contributed by atoms with E-state index in [1.807, 2.05) is 12.1 Å². The Morgan fingerprint density at radius 2 is 1.68 bits per heavy atom. The predicted octanol–water partition coefficient (Wildman–Crippen LogP) is 4.40. The zero-order valence-corrected chi connectivity index (χ0v) is 11.2. The molecule has 0 saturated heterocycles. The first-order chi connectivity index (χ1) is 9.31. The first-order valence-electron chi connectivity index (χ1n) is 7.23. The Bertz CT molecular complexity index is 558. The minimum absolute atomic E-state index is 0.166. The van der Waals surface area contributed by atoms with Crippen LogP contribution in [0.3, 0.4) is 0 Å². The monoisotopic (exact) mass is 257 g/mol. The minimum atomic E-state index is -0.166. The molecule has 0 atom stereocenters. The standard InChI is InChI=1S/C17H20FN/c18-16-9-8-14-10-13(6-7-15(14)11-16)12-19-17-4-2-1-3-5-17/h6-11,17,19H,1-5,12H2. The molecular formula is C17H20FN. The summed E-state index contributed by atoms with van der Waals surface area (Å²) in [5.41, 5.74) is 1.28. The van der Waals surface area contributed by atoms with E-state index in [0.29, 0.717) is 6.04 Å². The Hall–Kier alpha value is -1.41. The second-order valence-corrected chi connectivity index (χ2v) is 5.54. The largest absolute Gasteiger partial charge is 0.310 e.